The molecule has 0 saturated carbocycles. The average Bonchev–Trinajstić information content (AvgIpc) is 2.30. The monoisotopic (exact) mass is 202 g/mol. The number of ether oxygens (including phenoxy) is 1. The fraction of sp³-hybridized carbons (Fsp3) is 0.0909. The largest absolute Gasteiger partial charge is 0.497 e. The van der Waals surface area contributed by atoms with Crippen molar-refractivity contribution in [2.24, 2.45) is 0 Å². The Kier molecular flexibility index (Phi) is 2.49. The molecule has 1 aromatic carbocycles. The Morgan fingerprint density at radius 2 is 1.93 bits per heavy atom. The molecule has 76 valence electrons. The van der Waals surface area contributed by atoms with Crippen molar-refractivity contribution < 1.29 is 4.74 Å². The van der Waals surface area contributed by atoms with Crippen molar-refractivity contribution >= 4 is 0 Å². The number of methoxy groups -OCH3 is 1. The molecule has 0 aliphatic rings. The number of hydrogen-bond donors (Lipinski definition) is 0. The van der Waals surface area contributed by atoms with Crippen LogP contribution < -0.4 is 10.3 Å². The van der Waals surface area contributed by atoms with Gasteiger partial charge in [-0.3, -0.25) is 4.79 Å². The van der Waals surface area contributed by atoms with Crippen molar-refractivity contribution in [2.75, 3.05) is 7.11 Å². The van der Waals surface area contributed by atoms with Gasteiger partial charge in [0.2, 0.25) is 0 Å². The maximum atomic E-state index is 11.4. The summed E-state index contributed by atoms with van der Waals surface area (Å²) >= 11 is 0. The third-order valence-electron chi connectivity index (χ3n) is 2.03. The predicted octanol–water partition coefficient (Wildman–Crippen LogP) is 1.24. The van der Waals surface area contributed by atoms with Gasteiger partial charge in [-0.2, -0.15) is 9.78 Å². The van der Waals surface area contributed by atoms with Crippen molar-refractivity contribution in [3.05, 3.63) is 52.9 Å². The van der Waals surface area contributed by atoms with Gasteiger partial charge >= 0.3 is 0 Å². The number of rotatable bonds is 2. The van der Waals surface area contributed by atoms with Crippen molar-refractivity contribution in [3.63, 3.8) is 0 Å². The van der Waals surface area contributed by atoms with Crippen LogP contribution in [-0.4, -0.2) is 16.9 Å². The minimum atomic E-state index is -0.150. The van der Waals surface area contributed by atoms with Gasteiger partial charge in [-0.25, -0.2) is 0 Å². The van der Waals surface area contributed by atoms with E-state index in [0.29, 0.717) is 0 Å². The zero-order valence-corrected chi connectivity index (χ0v) is 8.25. The highest BCUT2D eigenvalue weighted by atomic mass is 16.5. The maximum absolute atomic E-state index is 11.4. The molecule has 0 unspecified atom stereocenters. The van der Waals surface area contributed by atoms with Crippen LogP contribution in [0.3, 0.4) is 0 Å². The second-order valence-electron chi connectivity index (χ2n) is 2.97. The first-order valence-electron chi connectivity index (χ1n) is 4.50. The molecule has 0 N–H and O–H groups in total. The van der Waals surface area contributed by atoms with Crippen LogP contribution in [0.25, 0.3) is 5.69 Å². The molecule has 1 heterocycles. The van der Waals surface area contributed by atoms with Crippen molar-refractivity contribution in [1.82, 2.24) is 9.78 Å². The van der Waals surface area contributed by atoms with Crippen LogP contribution in [0.5, 0.6) is 5.75 Å². The molecule has 0 saturated heterocycles. The highest BCUT2D eigenvalue weighted by molar-refractivity contribution is 5.36. The van der Waals surface area contributed by atoms with Crippen LogP contribution in [-0.2, 0) is 0 Å². The van der Waals surface area contributed by atoms with Gasteiger partial charge in [-0.15, -0.1) is 0 Å². The van der Waals surface area contributed by atoms with E-state index in [-0.39, 0.29) is 5.56 Å². The third kappa shape index (κ3) is 1.88. The predicted molar refractivity (Wildman–Crippen MR) is 56.4 cm³/mol. The fourth-order valence-corrected chi connectivity index (χ4v) is 1.28. The molecule has 4 nitrogen and oxygen atoms in total. The lowest BCUT2D eigenvalue weighted by Gasteiger charge is -2.04. The molecule has 0 atom stereocenters. The average molecular weight is 202 g/mol. The highest BCUT2D eigenvalue weighted by Crippen LogP contribution is 2.12. The fourth-order valence-electron chi connectivity index (χ4n) is 1.28. The summed E-state index contributed by atoms with van der Waals surface area (Å²) in [7, 11) is 1.60. The molecule has 2 aromatic rings. The Morgan fingerprint density at radius 1 is 1.20 bits per heavy atom. The van der Waals surface area contributed by atoms with Gasteiger partial charge in [0.25, 0.3) is 5.56 Å². The normalized spacial score (nSPS) is 9.93. The van der Waals surface area contributed by atoms with Gasteiger partial charge < -0.3 is 4.74 Å². The summed E-state index contributed by atoms with van der Waals surface area (Å²) < 4.78 is 6.36. The quantitative estimate of drug-likeness (QED) is 0.736. The smallest absolute Gasteiger partial charge is 0.271 e. The number of hydrogen-bond acceptors (Lipinski definition) is 3. The molecule has 4 heteroatoms. The Labute approximate surface area is 86.7 Å². The first-order chi connectivity index (χ1) is 7.31. The molecule has 0 fully saturated rings. The molecule has 0 aliphatic heterocycles. The van der Waals surface area contributed by atoms with Crippen LogP contribution in [0.4, 0.5) is 0 Å². The zero-order valence-electron chi connectivity index (χ0n) is 8.25. The molecule has 2 rings (SSSR count). The minimum Gasteiger partial charge on any atom is -0.497 e. The molecule has 0 spiro atoms. The molecule has 0 amide bonds. The first-order valence-corrected chi connectivity index (χ1v) is 4.50. The van der Waals surface area contributed by atoms with Crippen LogP contribution in [0.15, 0.2) is 47.4 Å². The van der Waals surface area contributed by atoms with Crippen LogP contribution >= 0.6 is 0 Å². The van der Waals surface area contributed by atoms with E-state index in [0.717, 1.165) is 11.4 Å². The lowest BCUT2D eigenvalue weighted by atomic mass is 10.3. The van der Waals surface area contributed by atoms with Gasteiger partial charge in [0.1, 0.15) is 5.75 Å². The summed E-state index contributed by atoms with van der Waals surface area (Å²) in [5.74, 6) is 0.753. The van der Waals surface area contributed by atoms with E-state index in [1.54, 1.807) is 43.6 Å². The first kappa shape index (κ1) is 9.45. The van der Waals surface area contributed by atoms with Gasteiger partial charge in [0, 0.05) is 12.3 Å². The van der Waals surface area contributed by atoms with E-state index in [1.165, 1.54) is 10.7 Å². The van der Waals surface area contributed by atoms with E-state index >= 15 is 0 Å². The molecule has 0 bridgehead atoms. The summed E-state index contributed by atoms with van der Waals surface area (Å²) in [6.45, 7) is 0. The Bertz CT molecular complexity index is 502. The molecule has 0 radical (unpaired) electrons. The third-order valence-corrected chi connectivity index (χ3v) is 2.03. The second kappa shape index (κ2) is 3.96. The van der Waals surface area contributed by atoms with E-state index in [2.05, 4.69) is 5.10 Å². The second-order valence-corrected chi connectivity index (χ2v) is 2.97. The molecule has 15 heavy (non-hydrogen) atoms. The summed E-state index contributed by atoms with van der Waals surface area (Å²) in [5, 5.41) is 3.97. The lowest BCUT2D eigenvalue weighted by molar-refractivity contribution is 0.414. The number of nitrogens with zero attached hydrogens (tertiary/aromatic N) is 2. The SMILES string of the molecule is COc1ccc(-n2ncccc2=O)cc1. The summed E-state index contributed by atoms with van der Waals surface area (Å²) in [6, 6.07) is 10.2. The zero-order chi connectivity index (χ0) is 10.7. The summed E-state index contributed by atoms with van der Waals surface area (Å²) in [4.78, 5) is 11.4. The van der Waals surface area contributed by atoms with E-state index in [4.69, 9.17) is 4.74 Å². The number of aromatic nitrogens is 2. The molecule has 0 aliphatic carbocycles. The van der Waals surface area contributed by atoms with Crippen LogP contribution in [0, 0.1) is 0 Å². The van der Waals surface area contributed by atoms with Gasteiger partial charge in [-0.1, -0.05) is 0 Å². The van der Waals surface area contributed by atoms with Gasteiger partial charge in [0.15, 0.2) is 0 Å². The van der Waals surface area contributed by atoms with Crippen molar-refractivity contribution in [2.45, 2.75) is 0 Å². The van der Waals surface area contributed by atoms with E-state index < -0.39 is 0 Å². The minimum absolute atomic E-state index is 0.150. The summed E-state index contributed by atoms with van der Waals surface area (Å²) in [5.41, 5.74) is 0.573. The Balaban J connectivity index is 2.46. The van der Waals surface area contributed by atoms with Crippen LogP contribution in [0.2, 0.25) is 0 Å². The number of benzene rings is 1. The lowest BCUT2D eigenvalue weighted by Crippen LogP contribution is -2.18. The van der Waals surface area contributed by atoms with Crippen molar-refractivity contribution in [1.29, 1.82) is 0 Å². The molecular formula is C11H10N2O2. The van der Waals surface area contributed by atoms with E-state index in [1.807, 2.05) is 0 Å². The maximum Gasteiger partial charge on any atom is 0.271 e. The summed E-state index contributed by atoms with van der Waals surface area (Å²) in [6.07, 6.45) is 1.58. The van der Waals surface area contributed by atoms with Crippen LogP contribution in [0.1, 0.15) is 0 Å². The topological polar surface area (TPSA) is 44.1 Å². The molecular weight excluding hydrogens is 192 g/mol. The van der Waals surface area contributed by atoms with Gasteiger partial charge in [-0.05, 0) is 30.3 Å². The van der Waals surface area contributed by atoms with E-state index in [9.17, 15) is 4.79 Å². The Morgan fingerprint density at radius 3 is 2.53 bits per heavy atom. The molecule has 1 aromatic heterocycles. The Hall–Kier alpha value is -2.10. The standard InChI is InChI=1S/C11H10N2O2/c1-15-10-6-4-9(5-7-10)13-11(14)3-2-8-12-13/h2-8H,1H3. The van der Waals surface area contributed by atoms with Gasteiger partial charge in [0.05, 0.1) is 12.8 Å². The highest BCUT2D eigenvalue weighted by Gasteiger charge is 1.99. The van der Waals surface area contributed by atoms with Crippen molar-refractivity contribution in [3.8, 4) is 11.4 Å².